The van der Waals surface area contributed by atoms with Gasteiger partial charge in [-0.2, -0.15) is 4.89 Å². The van der Waals surface area contributed by atoms with Crippen molar-refractivity contribution in [1.29, 1.82) is 0 Å². The molecule has 0 aliphatic rings. The lowest BCUT2D eigenvalue weighted by Gasteiger charge is -1.97. The molecule has 0 spiro atoms. The van der Waals surface area contributed by atoms with Crippen LogP contribution in [0.4, 0.5) is 0 Å². The van der Waals surface area contributed by atoms with Crippen LogP contribution in [-0.4, -0.2) is 12.6 Å². The molecule has 13 heavy (non-hydrogen) atoms. The van der Waals surface area contributed by atoms with E-state index in [2.05, 4.69) is 28.5 Å². The van der Waals surface area contributed by atoms with Gasteiger partial charge in [-0.15, -0.1) is 5.92 Å². The van der Waals surface area contributed by atoms with Crippen LogP contribution in [0.15, 0.2) is 0 Å². The summed E-state index contributed by atoms with van der Waals surface area (Å²) in [6.07, 6.45) is 3.04. The van der Waals surface area contributed by atoms with E-state index < -0.39 is 0 Å². The molecule has 0 heterocycles. The second kappa shape index (κ2) is 9.08. The molecule has 0 aromatic heterocycles. The van der Waals surface area contributed by atoms with Gasteiger partial charge in [-0.05, 0) is 12.8 Å². The quantitative estimate of drug-likeness (QED) is 0.284. The molecule has 0 aromatic carbocycles. The van der Waals surface area contributed by atoms with Crippen molar-refractivity contribution in [2.45, 2.75) is 39.5 Å². The third kappa shape index (κ3) is 8.90. The Hall–Kier alpha value is -1.01. The number of unbranched alkanes of at least 4 members (excludes halogenated alkanes) is 1. The SMILES string of the molecule is CCCC#CCOOC(=O)CCC. The number of hydrogen-bond donors (Lipinski definition) is 0. The molecule has 0 saturated heterocycles. The van der Waals surface area contributed by atoms with Crippen molar-refractivity contribution in [2.75, 3.05) is 6.61 Å². The standard InChI is InChI=1S/C10H16O3/c1-3-5-6-7-9-12-13-10(11)8-4-2/h3-5,8-9H2,1-2H3. The lowest BCUT2D eigenvalue weighted by atomic mass is 10.3. The predicted molar refractivity (Wildman–Crippen MR) is 49.6 cm³/mol. The van der Waals surface area contributed by atoms with Crippen molar-refractivity contribution < 1.29 is 14.6 Å². The minimum Gasteiger partial charge on any atom is -0.297 e. The van der Waals surface area contributed by atoms with E-state index in [0.717, 1.165) is 19.3 Å². The lowest BCUT2D eigenvalue weighted by Crippen LogP contribution is -2.04. The van der Waals surface area contributed by atoms with E-state index in [9.17, 15) is 4.79 Å². The summed E-state index contributed by atoms with van der Waals surface area (Å²) in [7, 11) is 0. The van der Waals surface area contributed by atoms with Gasteiger partial charge < -0.3 is 0 Å². The molecule has 0 rings (SSSR count). The molecule has 0 aliphatic carbocycles. The fourth-order valence-corrected chi connectivity index (χ4v) is 0.635. The zero-order valence-electron chi connectivity index (χ0n) is 8.26. The Morgan fingerprint density at radius 2 is 2.00 bits per heavy atom. The van der Waals surface area contributed by atoms with Gasteiger partial charge in [-0.25, -0.2) is 4.79 Å². The van der Waals surface area contributed by atoms with Gasteiger partial charge in [-0.3, -0.25) is 4.89 Å². The van der Waals surface area contributed by atoms with Gasteiger partial charge in [0.25, 0.3) is 0 Å². The van der Waals surface area contributed by atoms with Crippen molar-refractivity contribution >= 4 is 5.97 Å². The minimum absolute atomic E-state index is 0.162. The van der Waals surface area contributed by atoms with E-state index in [4.69, 9.17) is 0 Å². The van der Waals surface area contributed by atoms with Crippen LogP contribution >= 0.6 is 0 Å². The Bertz CT molecular complexity index is 188. The second-order valence-electron chi connectivity index (χ2n) is 2.57. The summed E-state index contributed by atoms with van der Waals surface area (Å²) in [6, 6.07) is 0. The first-order valence-electron chi connectivity index (χ1n) is 4.59. The molecule has 0 radical (unpaired) electrons. The summed E-state index contributed by atoms with van der Waals surface area (Å²) < 4.78 is 0. The molecule has 0 bridgehead atoms. The fourth-order valence-electron chi connectivity index (χ4n) is 0.635. The Kier molecular flexibility index (Phi) is 8.38. The number of hydrogen-bond acceptors (Lipinski definition) is 3. The largest absolute Gasteiger partial charge is 0.342 e. The van der Waals surface area contributed by atoms with Gasteiger partial charge in [-0.1, -0.05) is 19.8 Å². The molecular weight excluding hydrogens is 168 g/mol. The van der Waals surface area contributed by atoms with E-state index in [1.54, 1.807) is 0 Å². The predicted octanol–water partition coefficient (Wildman–Crippen LogP) is 2.06. The highest BCUT2D eigenvalue weighted by atomic mass is 17.2. The number of carbonyl (C=O) groups is 1. The van der Waals surface area contributed by atoms with E-state index in [0.29, 0.717) is 6.42 Å². The molecule has 0 amide bonds. The van der Waals surface area contributed by atoms with Gasteiger partial charge in [0, 0.05) is 12.8 Å². The third-order valence-corrected chi connectivity index (χ3v) is 1.24. The van der Waals surface area contributed by atoms with Crippen molar-refractivity contribution in [3.05, 3.63) is 0 Å². The third-order valence-electron chi connectivity index (χ3n) is 1.24. The van der Waals surface area contributed by atoms with Crippen LogP contribution in [0.2, 0.25) is 0 Å². The Labute approximate surface area is 79.3 Å². The highest BCUT2D eigenvalue weighted by Gasteiger charge is 1.99. The molecule has 3 heteroatoms. The summed E-state index contributed by atoms with van der Waals surface area (Å²) in [5, 5.41) is 0. The van der Waals surface area contributed by atoms with E-state index in [-0.39, 0.29) is 12.6 Å². The average molecular weight is 184 g/mol. The van der Waals surface area contributed by atoms with Crippen molar-refractivity contribution in [3.63, 3.8) is 0 Å². The smallest absolute Gasteiger partial charge is 0.297 e. The Morgan fingerprint density at radius 3 is 2.62 bits per heavy atom. The first-order chi connectivity index (χ1) is 6.31. The van der Waals surface area contributed by atoms with Gasteiger partial charge in [0.05, 0.1) is 0 Å². The number of carbonyl (C=O) groups excluding carboxylic acids is 1. The molecular formula is C10H16O3. The molecule has 0 saturated carbocycles. The van der Waals surface area contributed by atoms with E-state index in [1.807, 2.05) is 6.92 Å². The highest BCUT2D eigenvalue weighted by molar-refractivity contribution is 5.68. The molecule has 0 fully saturated rings. The first-order valence-corrected chi connectivity index (χ1v) is 4.59. The molecule has 3 nitrogen and oxygen atoms in total. The van der Waals surface area contributed by atoms with Crippen molar-refractivity contribution in [1.82, 2.24) is 0 Å². The molecule has 0 aliphatic heterocycles. The molecule has 0 N–H and O–H groups in total. The molecule has 0 atom stereocenters. The van der Waals surface area contributed by atoms with Crippen LogP contribution in [0, 0.1) is 11.8 Å². The van der Waals surface area contributed by atoms with Crippen LogP contribution in [0.3, 0.4) is 0 Å². The first kappa shape index (κ1) is 12.0. The van der Waals surface area contributed by atoms with Crippen LogP contribution in [0.5, 0.6) is 0 Å². The Morgan fingerprint density at radius 1 is 1.23 bits per heavy atom. The average Bonchev–Trinajstić information content (AvgIpc) is 2.11. The lowest BCUT2D eigenvalue weighted by molar-refractivity contribution is -0.264. The van der Waals surface area contributed by atoms with Crippen LogP contribution in [0.1, 0.15) is 39.5 Å². The van der Waals surface area contributed by atoms with Gasteiger partial charge in [0.15, 0.2) is 6.61 Å². The maximum Gasteiger partial charge on any atom is 0.342 e. The molecule has 0 aromatic rings. The van der Waals surface area contributed by atoms with Gasteiger partial charge >= 0.3 is 5.97 Å². The normalized spacial score (nSPS) is 8.77. The molecule has 0 unspecified atom stereocenters. The van der Waals surface area contributed by atoms with Crippen LogP contribution in [-0.2, 0) is 14.6 Å². The summed E-state index contributed by atoms with van der Waals surface area (Å²) in [4.78, 5) is 19.7. The van der Waals surface area contributed by atoms with Crippen LogP contribution in [0.25, 0.3) is 0 Å². The molecule has 74 valence electrons. The van der Waals surface area contributed by atoms with Crippen molar-refractivity contribution in [2.24, 2.45) is 0 Å². The van der Waals surface area contributed by atoms with E-state index in [1.165, 1.54) is 0 Å². The monoisotopic (exact) mass is 184 g/mol. The summed E-state index contributed by atoms with van der Waals surface area (Å²) in [5.74, 6) is 5.28. The zero-order chi connectivity index (χ0) is 9.94. The number of rotatable bonds is 5. The van der Waals surface area contributed by atoms with Gasteiger partial charge in [0.1, 0.15) is 0 Å². The minimum atomic E-state index is -0.334. The second-order valence-corrected chi connectivity index (χ2v) is 2.57. The fraction of sp³-hybridized carbons (Fsp3) is 0.700. The topological polar surface area (TPSA) is 35.5 Å². The summed E-state index contributed by atoms with van der Waals surface area (Å²) >= 11 is 0. The van der Waals surface area contributed by atoms with Gasteiger partial charge in [0.2, 0.25) is 0 Å². The summed E-state index contributed by atoms with van der Waals surface area (Å²) in [5.41, 5.74) is 0. The van der Waals surface area contributed by atoms with E-state index >= 15 is 0 Å². The zero-order valence-corrected chi connectivity index (χ0v) is 8.26. The maximum absolute atomic E-state index is 10.7. The van der Waals surface area contributed by atoms with Crippen molar-refractivity contribution in [3.8, 4) is 11.8 Å². The van der Waals surface area contributed by atoms with Crippen LogP contribution < -0.4 is 0 Å². The maximum atomic E-state index is 10.7. The summed E-state index contributed by atoms with van der Waals surface area (Å²) in [6.45, 7) is 4.12. The highest BCUT2D eigenvalue weighted by Crippen LogP contribution is 1.91. The Balaban J connectivity index is 3.26.